The zero-order valence-electron chi connectivity index (χ0n) is 11.8. The molecule has 1 heterocycles. The first-order chi connectivity index (χ1) is 8.96. The number of rotatable bonds is 3. The van der Waals surface area contributed by atoms with Crippen LogP contribution in [0.3, 0.4) is 0 Å². The van der Waals surface area contributed by atoms with Crippen molar-refractivity contribution < 1.29 is 4.79 Å². The lowest BCUT2D eigenvalue weighted by atomic mass is 9.86. The second-order valence-corrected chi connectivity index (χ2v) is 5.76. The van der Waals surface area contributed by atoms with Crippen molar-refractivity contribution >= 4 is 11.5 Å². The zero-order chi connectivity index (χ0) is 14.0. The summed E-state index contributed by atoms with van der Waals surface area (Å²) in [6.45, 7) is 6.90. The van der Waals surface area contributed by atoms with Gasteiger partial charge in [0.1, 0.15) is 0 Å². The summed E-state index contributed by atoms with van der Waals surface area (Å²) in [5.41, 5.74) is 1.79. The van der Waals surface area contributed by atoms with Crippen LogP contribution in [0.25, 0.3) is 0 Å². The first kappa shape index (κ1) is 13.6. The van der Waals surface area contributed by atoms with E-state index in [1.165, 1.54) is 0 Å². The fourth-order valence-corrected chi connectivity index (χ4v) is 2.96. The molecule has 1 aliphatic heterocycles. The van der Waals surface area contributed by atoms with E-state index in [1.807, 2.05) is 24.3 Å². The average molecular weight is 256 g/mol. The van der Waals surface area contributed by atoms with Gasteiger partial charge >= 0.3 is 0 Å². The highest BCUT2D eigenvalue weighted by Crippen LogP contribution is 2.39. The van der Waals surface area contributed by atoms with E-state index in [0.29, 0.717) is 12.3 Å². The minimum absolute atomic E-state index is 0.0366. The summed E-state index contributed by atoms with van der Waals surface area (Å²) < 4.78 is 0. The second kappa shape index (κ2) is 5.05. The van der Waals surface area contributed by atoms with Crippen LogP contribution >= 0.6 is 0 Å². The smallest absolute Gasteiger partial charge is 0.159 e. The van der Waals surface area contributed by atoms with Crippen LogP contribution in [0, 0.1) is 17.2 Å². The van der Waals surface area contributed by atoms with Crippen LogP contribution in [0.1, 0.15) is 44.0 Å². The molecular weight excluding hydrogens is 236 g/mol. The Bertz CT molecular complexity index is 528. The predicted molar refractivity (Wildman–Crippen MR) is 76.2 cm³/mol. The van der Waals surface area contributed by atoms with Crippen molar-refractivity contribution in [1.82, 2.24) is 0 Å². The molecule has 1 aromatic rings. The monoisotopic (exact) mass is 256 g/mol. The summed E-state index contributed by atoms with van der Waals surface area (Å²) in [5.74, 6) is 0.478. The van der Waals surface area contributed by atoms with Crippen LogP contribution in [0.15, 0.2) is 24.3 Å². The molecule has 1 saturated heterocycles. The summed E-state index contributed by atoms with van der Waals surface area (Å²) in [5, 5.41) is 8.92. The third kappa shape index (κ3) is 2.49. The molecule has 1 aromatic carbocycles. The molecule has 0 spiro atoms. The highest BCUT2D eigenvalue weighted by molar-refractivity contribution is 5.95. The zero-order valence-corrected chi connectivity index (χ0v) is 11.8. The number of benzene rings is 1. The fourth-order valence-electron chi connectivity index (χ4n) is 2.96. The Labute approximate surface area is 114 Å². The van der Waals surface area contributed by atoms with Gasteiger partial charge in [0.15, 0.2) is 5.78 Å². The lowest BCUT2D eigenvalue weighted by molar-refractivity contribution is 0.101. The van der Waals surface area contributed by atoms with Gasteiger partial charge < -0.3 is 4.90 Å². The number of hydrogen-bond acceptors (Lipinski definition) is 3. The van der Waals surface area contributed by atoms with E-state index in [0.717, 1.165) is 24.2 Å². The Balaban J connectivity index is 2.30. The molecule has 0 aromatic heterocycles. The number of carbonyl (C=O) groups is 1. The molecule has 0 amide bonds. The van der Waals surface area contributed by atoms with Gasteiger partial charge in [-0.2, -0.15) is 5.26 Å². The lowest BCUT2D eigenvalue weighted by Gasteiger charge is -2.37. The van der Waals surface area contributed by atoms with E-state index in [9.17, 15) is 4.79 Å². The number of carbonyl (C=O) groups excluding carboxylic acids is 1. The molecule has 0 N–H and O–H groups in total. The molecule has 19 heavy (non-hydrogen) atoms. The molecule has 0 aliphatic carbocycles. The van der Waals surface area contributed by atoms with Gasteiger partial charge in [0, 0.05) is 29.8 Å². The fraction of sp³-hybridized carbons (Fsp3) is 0.500. The third-order valence-electron chi connectivity index (χ3n) is 4.30. The molecule has 1 atom stereocenters. The topological polar surface area (TPSA) is 44.1 Å². The maximum atomic E-state index is 11.5. The van der Waals surface area contributed by atoms with E-state index in [-0.39, 0.29) is 11.3 Å². The summed E-state index contributed by atoms with van der Waals surface area (Å²) in [7, 11) is 0. The quantitative estimate of drug-likeness (QED) is 0.778. The normalized spacial score (nSPS) is 21.2. The standard InChI is InChI=1S/C16H20N2O/c1-12(19)13-5-4-6-15(11-13)18-10-8-14(7-9-17)16(18,2)3/h4-6,11,14H,7-8,10H2,1-3H3. The summed E-state index contributed by atoms with van der Waals surface area (Å²) >= 11 is 0. The van der Waals surface area contributed by atoms with Gasteiger partial charge in [-0.3, -0.25) is 4.79 Å². The van der Waals surface area contributed by atoms with Crippen molar-refractivity contribution in [3.8, 4) is 6.07 Å². The minimum Gasteiger partial charge on any atom is -0.366 e. The maximum Gasteiger partial charge on any atom is 0.159 e. The Kier molecular flexibility index (Phi) is 3.61. The number of hydrogen-bond donors (Lipinski definition) is 0. The number of anilines is 1. The Hall–Kier alpha value is -1.82. The van der Waals surface area contributed by atoms with Crippen LogP contribution in [-0.2, 0) is 0 Å². The van der Waals surface area contributed by atoms with Gasteiger partial charge in [0.2, 0.25) is 0 Å². The highest BCUT2D eigenvalue weighted by Gasteiger charge is 2.41. The van der Waals surface area contributed by atoms with Crippen LogP contribution in [0.2, 0.25) is 0 Å². The predicted octanol–water partition coefficient (Wildman–Crippen LogP) is 3.41. The van der Waals surface area contributed by atoms with Gasteiger partial charge in [-0.15, -0.1) is 0 Å². The van der Waals surface area contributed by atoms with Crippen LogP contribution in [0.5, 0.6) is 0 Å². The lowest BCUT2D eigenvalue weighted by Crippen LogP contribution is -2.42. The van der Waals surface area contributed by atoms with Crippen molar-refractivity contribution in [2.75, 3.05) is 11.4 Å². The van der Waals surface area contributed by atoms with Crippen LogP contribution in [-0.4, -0.2) is 17.9 Å². The van der Waals surface area contributed by atoms with Crippen molar-refractivity contribution in [1.29, 1.82) is 5.26 Å². The van der Waals surface area contributed by atoms with Crippen molar-refractivity contribution in [2.45, 2.75) is 39.2 Å². The van der Waals surface area contributed by atoms with E-state index < -0.39 is 0 Å². The van der Waals surface area contributed by atoms with E-state index in [2.05, 4.69) is 24.8 Å². The maximum absolute atomic E-state index is 11.5. The molecule has 1 unspecified atom stereocenters. The number of nitrogens with zero attached hydrogens (tertiary/aromatic N) is 2. The SMILES string of the molecule is CC(=O)c1cccc(N2CCC(CC#N)C2(C)C)c1. The first-order valence-corrected chi connectivity index (χ1v) is 6.72. The molecule has 2 rings (SSSR count). The van der Waals surface area contributed by atoms with Gasteiger partial charge in [-0.05, 0) is 45.2 Å². The van der Waals surface area contributed by atoms with Gasteiger partial charge in [-0.1, -0.05) is 12.1 Å². The highest BCUT2D eigenvalue weighted by atomic mass is 16.1. The summed E-state index contributed by atoms with van der Waals surface area (Å²) in [6.07, 6.45) is 1.63. The van der Waals surface area contributed by atoms with E-state index >= 15 is 0 Å². The molecular formula is C16H20N2O. The summed E-state index contributed by atoms with van der Waals surface area (Å²) in [4.78, 5) is 13.8. The third-order valence-corrected chi connectivity index (χ3v) is 4.30. The summed E-state index contributed by atoms with van der Waals surface area (Å²) in [6, 6.07) is 10.1. The number of Topliss-reactive ketones (excluding diaryl/α,β-unsaturated/α-hetero) is 1. The van der Waals surface area contributed by atoms with Gasteiger partial charge in [0.05, 0.1) is 6.07 Å². The molecule has 100 valence electrons. The molecule has 0 radical (unpaired) electrons. The van der Waals surface area contributed by atoms with Crippen molar-refractivity contribution in [3.63, 3.8) is 0 Å². The average Bonchev–Trinajstić information content (AvgIpc) is 2.66. The Morgan fingerprint density at radius 1 is 1.53 bits per heavy atom. The molecule has 3 heteroatoms. The van der Waals surface area contributed by atoms with Crippen LogP contribution < -0.4 is 4.90 Å². The van der Waals surface area contributed by atoms with Gasteiger partial charge in [0.25, 0.3) is 0 Å². The van der Waals surface area contributed by atoms with Crippen molar-refractivity contribution in [2.24, 2.45) is 5.92 Å². The Morgan fingerprint density at radius 2 is 2.26 bits per heavy atom. The van der Waals surface area contributed by atoms with E-state index in [4.69, 9.17) is 5.26 Å². The van der Waals surface area contributed by atoms with Crippen molar-refractivity contribution in [3.05, 3.63) is 29.8 Å². The van der Waals surface area contributed by atoms with Gasteiger partial charge in [-0.25, -0.2) is 0 Å². The molecule has 3 nitrogen and oxygen atoms in total. The Morgan fingerprint density at radius 3 is 2.89 bits per heavy atom. The molecule has 1 aliphatic rings. The molecule has 1 fully saturated rings. The van der Waals surface area contributed by atoms with Crippen LogP contribution in [0.4, 0.5) is 5.69 Å². The minimum atomic E-state index is -0.0366. The second-order valence-electron chi connectivity index (χ2n) is 5.76. The van der Waals surface area contributed by atoms with E-state index in [1.54, 1.807) is 6.92 Å². The number of nitriles is 1. The molecule has 0 bridgehead atoms. The number of ketones is 1. The largest absolute Gasteiger partial charge is 0.366 e. The first-order valence-electron chi connectivity index (χ1n) is 6.72. The molecule has 0 saturated carbocycles.